The molecule has 1 aromatic heterocycles. The maximum atomic E-state index is 5.65. The predicted molar refractivity (Wildman–Crippen MR) is 44.1 cm³/mol. The Morgan fingerprint density at radius 3 is 2.80 bits per heavy atom. The standard InChI is InChI=1S/C6H6BrClN2/c1-2-4-3-5(8)10-6(7)9-4/h3H,2H2,1H3. The van der Waals surface area contributed by atoms with Crippen LogP contribution in [0, 0.1) is 0 Å². The van der Waals surface area contributed by atoms with Crippen LogP contribution in [0.15, 0.2) is 10.8 Å². The van der Waals surface area contributed by atoms with Crippen molar-refractivity contribution in [3.63, 3.8) is 0 Å². The van der Waals surface area contributed by atoms with Crippen LogP contribution in [0.1, 0.15) is 12.6 Å². The summed E-state index contributed by atoms with van der Waals surface area (Å²) in [5, 5.41) is 0.485. The van der Waals surface area contributed by atoms with Crippen molar-refractivity contribution in [3.8, 4) is 0 Å². The van der Waals surface area contributed by atoms with E-state index in [-0.39, 0.29) is 0 Å². The molecule has 1 heterocycles. The first kappa shape index (κ1) is 7.95. The first-order valence-corrected chi connectivity index (χ1v) is 4.08. The number of aryl methyl sites for hydroxylation is 1. The maximum Gasteiger partial charge on any atom is 0.198 e. The third kappa shape index (κ3) is 1.92. The molecule has 0 N–H and O–H groups in total. The van der Waals surface area contributed by atoms with Crippen molar-refractivity contribution >= 4 is 27.5 Å². The van der Waals surface area contributed by atoms with Crippen molar-refractivity contribution in [1.29, 1.82) is 0 Å². The lowest BCUT2D eigenvalue weighted by Gasteiger charge is -1.95. The zero-order valence-corrected chi connectivity index (χ0v) is 7.78. The van der Waals surface area contributed by atoms with Crippen LogP contribution < -0.4 is 0 Å². The largest absolute Gasteiger partial charge is 0.227 e. The third-order valence-corrected chi connectivity index (χ3v) is 1.63. The minimum Gasteiger partial charge on any atom is -0.227 e. The van der Waals surface area contributed by atoms with E-state index in [1.165, 1.54) is 0 Å². The highest BCUT2D eigenvalue weighted by molar-refractivity contribution is 9.10. The van der Waals surface area contributed by atoms with Crippen LogP contribution in [0.2, 0.25) is 5.15 Å². The Morgan fingerprint density at radius 1 is 1.60 bits per heavy atom. The second-order valence-electron chi connectivity index (χ2n) is 1.80. The Hall–Kier alpha value is -0.150. The molecule has 0 amide bonds. The van der Waals surface area contributed by atoms with Gasteiger partial charge in [-0.1, -0.05) is 18.5 Å². The molecule has 0 saturated carbocycles. The van der Waals surface area contributed by atoms with Gasteiger partial charge in [0.25, 0.3) is 0 Å². The van der Waals surface area contributed by atoms with Gasteiger partial charge in [-0.3, -0.25) is 0 Å². The highest BCUT2D eigenvalue weighted by atomic mass is 79.9. The van der Waals surface area contributed by atoms with Gasteiger partial charge in [0.1, 0.15) is 5.15 Å². The molecule has 1 aromatic rings. The lowest BCUT2D eigenvalue weighted by molar-refractivity contribution is 0.973. The lowest BCUT2D eigenvalue weighted by Crippen LogP contribution is -1.90. The quantitative estimate of drug-likeness (QED) is 0.538. The number of halogens is 2. The topological polar surface area (TPSA) is 25.8 Å². The summed E-state index contributed by atoms with van der Waals surface area (Å²) in [6.07, 6.45) is 0.876. The van der Waals surface area contributed by atoms with E-state index < -0.39 is 0 Å². The summed E-state index contributed by atoms with van der Waals surface area (Å²) < 4.78 is 0.553. The summed E-state index contributed by atoms with van der Waals surface area (Å²) in [4.78, 5) is 7.93. The molecular formula is C6H6BrClN2. The smallest absolute Gasteiger partial charge is 0.198 e. The van der Waals surface area contributed by atoms with E-state index >= 15 is 0 Å². The molecule has 10 heavy (non-hydrogen) atoms. The summed E-state index contributed by atoms with van der Waals surface area (Å²) in [5.41, 5.74) is 0.951. The molecule has 0 fully saturated rings. The van der Waals surface area contributed by atoms with Gasteiger partial charge in [-0.05, 0) is 28.4 Å². The van der Waals surface area contributed by atoms with Crippen LogP contribution >= 0.6 is 27.5 Å². The van der Waals surface area contributed by atoms with E-state index in [9.17, 15) is 0 Å². The van der Waals surface area contributed by atoms with E-state index in [1.807, 2.05) is 6.92 Å². The molecule has 0 radical (unpaired) electrons. The van der Waals surface area contributed by atoms with Crippen LogP contribution in [0.3, 0.4) is 0 Å². The van der Waals surface area contributed by atoms with Gasteiger partial charge >= 0.3 is 0 Å². The van der Waals surface area contributed by atoms with E-state index in [1.54, 1.807) is 6.07 Å². The van der Waals surface area contributed by atoms with Gasteiger partial charge in [-0.2, -0.15) is 0 Å². The second kappa shape index (κ2) is 3.30. The molecule has 0 bridgehead atoms. The van der Waals surface area contributed by atoms with Gasteiger partial charge in [-0.15, -0.1) is 0 Å². The second-order valence-corrected chi connectivity index (χ2v) is 2.90. The highest BCUT2D eigenvalue weighted by Gasteiger charge is 1.96. The average molecular weight is 221 g/mol. The van der Waals surface area contributed by atoms with Crippen LogP contribution in [0.25, 0.3) is 0 Å². The Kier molecular flexibility index (Phi) is 2.63. The number of nitrogens with zero attached hydrogens (tertiary/aromatic N) is 2. The first-order valence-electron chi connectivity index (χ1n) is 2.91. The fourth-order valence-corrected chi connectivity index (χ4v) is 1.34. The summed E-state index contributed by atoms with van der Waals surface area (Å²) in [6.45, 7) is 2.02. The summed E-state index contributed by atoms with van der Waals surface area (Å²) in [5.74, 6) is 0. The van der Waals surface area contributed by atoms with Crippen molar-refractivity contribution in [2.75, 3.05) is 0 Å². The molecule has 2 nitrogen and oxygen atoms in total. The zero-order chi connectivity index (χ0) is 7.56. The van der Waals surface area contributed by atoms with Crippen LogP contribution in [-0.2, 0) is 6.42 Å². The maximum absolute atomic E-state index is 5.65. The summed E-state index contributed by atoms with van der Waals surface area (Å²) in [7, 11) is 0. The van der Waals surface area contributed by atoms with E-state index in [4.69, 9.17) is 11.6 Å². The molecule has 0 aromatic carbocycles. The Labute approximate surface area is 72.8 Å². The van der Waals surface area contributed by atoms with Gasteiger partial charge < -0.3 is 0 Å². The fourth-order valence-electron chi connectivity index (χ4n) is 0.615. The van der Waals surface area contributed by atoms with Gasteiger partial charge in [0.2, 0.25) is 0 Å². The molecule has 0 aliphatic rings. The van der Waals surface area contributed by atoms with Crippen molar-refractivity contribution in [3.05, 3.63) is 21.6 Å². The normalized spacial score (nSPS) is 9.90. The first-order chi connectivity index (χ1) is 4.72. The number of hydrogen-bond donors (Lipinski definition) is 0. The summed E-state index contributed by atoms with van der Waals surface area (Å²) in [6, 6.07) is 1.76. The fraction of sp³-hybridized carbons (Fsp3) is 0.333. The van der Waals surface area contributed by atoms with E-state index in [0.717, 1.165) is 12.1 Å². The Morgan fingerprint density at radius 2 is 2.30 bits per heavy atom. The Bertz CT molecular complexity index is 219. The molecule has 0 saturated heterocycles. The van der Waals surface area contributed by atoms with Gasteiger partial charge in [0.05, 0.1) is 0 Å². The van der Waals surface area contributed by atoms with E-state index in [0.29, 0.717) is 9.89 Å². The number of aromatic nitrogens is 2. The molecule has 0 aliphatic heterocycles. The minimum atomic E-state index is 0.485. The molecule has 0 atom stereocenters. The van der Waals surface area contributed by atoms with Gasteiger partial charge in [-0.25, -0.2) is 9.97 Å². The SMILES string of the molecule is CCc1cc(Cl)nc(Br)n1. The van der Waals surface area contributed by atoms with Crippen molar-refractivity contribution in [2.24, 2.45) is 0 Å². The molecule has 0 unspecified atom stereocenters. The van der Waals surface area contributed by atoms with Crippen molar-refractivity contribution in [2.45, 2.75) is 13.3 Å². The van der Waals surface area contributed by atoms with Gasteiger partial charge in [0.15, 0.2) is 4.73 Å². The van der Waals surface area contributed by atoms with Crippen LogP contribution in [-0.4, -0.2) is 9.97 Å². The molecule has 0 aliphatic carbocycles. The van der Waals surface area contributed by atoms with Crippen LogP contribution in [0.4, 0.5) is 0 Å². The number of hydrogen-bond acceptors (Lipinski definition) is 2. The molecule has 4 heteroatoms. The molecule has 0 spiro atoms. The van der Waals surface area contributed by atoms with Crippen molar-refractivity contribution < 1.29 is 0 Å². The monoisotopic (exact) mass is 220 g/mol. The molecular weight excluding hydrogens is 215 g/mol. The van der Waals surface area contributed by atoms with Crippen LogP contribution in [0.5, 0.6) is 0 Å². The molecule has 54 valence electrons. The minimum absolute atomic E-state index is 0.485. The van der Waals surface area contributed by atoms with Gasteiger partial charge in [0, 0.05) is 5.69 Å². The number of rotatable bonds is 1. The predicted octanol–water partition coefficient (Wildman–Crippen LogP) is 2.45. The lowest BCUT2D eigenvalue weighted by atomic mass is 10.3. The molecule has 1 rings (SSSR count). The van der Waals surface area contributed by atoms with E-state index in [2.05, 4.69) is 25.9 Å². The zero-order valence-electron chi connectivity index (χ0n) is 5.43. The summed E-state index contributed by atoms with van der Waals surface area (Å²) >= 11 is 8.79. The Balaban J connectivity index is 3.06. The third-order valence-electron chi connectivity index (χ3n) is 1.08. The highest BCUT2D eigenvalue weighted by Crippen LogP contribution is 2.10. The van der Waals surface area contributed by atoms with Crippen molar-refractivity contribution in [1.82, 2.24) is 9.97 Å². The average Bonchev–Trinajstić information content (AvgIpc) is 1.85.